The molecule has 4 heteroatoms. The quantitative estimate of drug-likeness (QED) is 0.753. The van der Waals surface area contributed by atoms with E-state index in [-0.39, 0.29) is 18.2 Å². The molecule has 0 radical (unpaired) electrons. The zero-order valence-corrected chi connectivity index (χ0v) is 9.84. The molecule has 1 aromatic carbocycles. The second kappa shape index (κ2) is 6.71. The number of hydrogen-bond donors (Lipinski definition) is 1. The smallest absolute Gasteiger partial charge is 0.165 e. The molecule has 1 heterocycles. The number of rotatable bonds is 3. The molecule has 0 aliphatic carbocycles. The SMILES string of the molecule is Fc1ccccc1OCC1CCNCC1.[Cl-]. The Labute approximate surface area is 102 Å². The van der Waals surface area contributed by atoms with Crippen LogP contribution in [0.3, 0.4) is 0 Å². The van der Waals surface area contributed by atoms with Gasteiger partial charge in [0.1, 0.15) is 0 Å². The van der Waals surface area contributed by atoms with Gasteiger partial charge in [0, 0.05) is 0 Å². The number of nitrogens with one attached hydrogen (secondary N) is 1. The molecule has 1 aliphatic rings. The van der Waals surface area contributed by atoms with Gasteiger partial charge in [-0.1, -0.05) is 12.1 Å². The van der Waals surface area contributed by atoms with E-state index < -0.39 is 0 Å². The molecule has 2 nitrogen and oxygen atoms in total. The van der Waals surface area contributed by atoms with Crippen molar-refractivity contribution in [1.82, 2.24) is 5.32 Å². The van der Waals surface area contributed by atoms with Gasteiger partial charge in [0.25, 0.3) is 0 Å². The number of halogens is 2. The van der Waals surface area contributed by atoms with E-state index in [4.69, 9.17) is 4.74 Å². The van der Waals surface area contributed by atoms with Crippen molar-refractivity contribution < 1.29 is 21.5 Å². The van der Waals surface area contributed by atoms with Crippen LogP contribution >= 0.6 is 0 Å². The van der Waals surface area contributed by atoms with Gasteiger partial charge in [0.05, 0.1) is 6.61 Å². The van der Waals surface area contributed by atoms with Crippen molar-refractivity contribution in [2.45, 2.75) is 12.8 Å². The summed E-state index contributed by atoms with van der Waals surface area (Å²) >= 11 is 0. The van der Waals surface area contributed by atoms with Gasteiger partial charge in [-0.25, -0.2) is 4.39 Å². The second-order valence-corrected chi connectivity index (χ2v) is 3.93. The average Bonchev–Trinajstić information content (AvgIpc) is 2.29. The summed E-state index contributed by atoms with van der Waals surface area (Å²) in [6.45, 7) is 2.72. The first-order chi connectivity index (χ1) is 7.36. The van der Waals surface area contributed by atoms with Crippen molar-refractivity contribution in [3.8, 4) is 5.75 Å². The minimum Gasteiger partial charge on any atom is -1.00 e. The summed E-state index contributed by atoms with van der Waals surface area (Å²) in [5.74, 6) is 0.660. The van der Waals surface area contributed by atoms with E-state index in [1.807, 2.05) is 0 Å². The van der Waals surface area contributed by atoms with Gasteiger partial charge in [0.15, 0.2) is 11.6 Å². The lowest BCUT2D eigenvalue weighted by Crippen LogP contribution is -3.00. The molecular weight excluding hydrogens is 229 g/mol. The highest BCUT2D eigenvalue weighted by atomic mass is 35.5. The molecule has 1 fully saturated rings. The molecule has 1 saturated heterocycles. The van der Waals surface area contributed by atoms with Crippen molar-refractivity contribution in [3.63, 3.8) is 0 Å². The van der Waals surface area contributed by atoms with Gasteiger partial charge in [-0.3, -0.25) is 0 Å². The summed E-state index contributed by atoms with van der Waals surface area (Å²) in [6, 6.07) is 6.57. The number of benzene rings is 1. The van der Waals surface area contributed by atoms with E-state index in [0.29, 0.717) is 18.3 Å². The van der Waals surface area contributed by atoms with Crippen LogP contribution in [0, 0.1) is 11.7 Å². The molecule has 1 N–H and O–H groups in total. The summed E-state index contributed by atoms with van der Waals surface area (Å²) in [6.07, 6.45) is 2.24. The fourth-order valence-corrected chi connectivity index (χ4v) is 1.82. The van der Waals surface area contributed by atoms with Crippen LogP contribution in [0.25, 0.3) is 0 Å². The molecule has 0 atom stereocenters. The van der Waals surface area contributed by atoms with Gasteiger partial charge in [0.2, 0.25) is 0 Å². The molecule has 2 rings (SSSR count). The van der Waals surface area contributed by atoms with Gasteiger partial charge in [-0.05, 0) is 44.0 Å². The zero-order chi connectivity index (χ0) is 10.5. The summed E-state index contributed by atoms with van der Waals surface area (Å²) in [4.78, 5) is 0. The third-order valence-corrected chi connectivity index (χ3v) is 2.77. The molecule has 16 heavy (non-hydrogen) atoms. The van der Waals surface area contributed by atoms with Crippen LogP contribution in [0.1, 0.15) is 12.8 Å². The molecule has 0 unspecified atom stereocenters. The zero-order valence-electron chi connectivity index (χ0n) is 9.09. The predicted octanol–water partition coefficient (Wildman–Crippen LogP) is -0.792. The van der Waals surface area contributed by atoms with Crippen LogP contribution in [-0.2, 0) is 0 Å². The monoisotopic (exact) mass is 244 g/mol. The Kier molecular flexibility index (Phi) is 5.56. The largest absolute Gasteiger partial charge is 1.00 e. The van der Waals surface area contributed by atoms with E-state index in [1.54, 1.807) is 18.2 Å². The summed E-state index contributed by atoms with van der Waals surface area (Å²) in [7, 11) is 0. The molecule has 0 aromatic heterocycles. The highest BCUT2D eigenvalue weighted by Crippen LogP contribution is 2.18. The average molecular weight is 245 g/mol. The van der Waals surface area contributed by atoms with E-state index in [1.165, 1.54) is 6.07 Å². The van der Waals surface area contributed by atoms with Crippen LogP contribution in [-0.4, -0.2) is 19.7 Å². The van der Waals surface area contributed by atoms with Gasteiger partial charge < -0.3 is 22.5 Å². The molecular formula is C12H16ClFNO-. The lowest BCUT2D eigenvalue weighted by molar-refractivity contribution is -0.00000397. The lowest BCUT2D eigenvalue weighted by atomic mass is 9.99. The van der Waals surface area contributed by atoms with E-state index >= 15 is 0 Å². The van der Waals surface area contributed by atoms with Crippen LogP contribution in [0.2, 0.25) is 0 Å². The first-order valence-corrected chi connectivity index (χ1v) is 5.44. The summed E-state index contributed by atoms with van der Waals surface area (Å²) in [5.41, 5.74) is 0. The molecule has 1 aliphatic heterocycles. The Bertz CT molecular complexity index is 316. The maximum atomic E-state index is 13.2. The Morgan fingerprint density at radius 2 is 1.94 bits per heavy atom. The highest BCUT2D eigenvalue weighted by Gasteiger charge is 2.14. The number of para-hydroxylation sites is 1. The van der Waals surface area contributed by atoms with Crippen molar-refractivity contribution in [3.05, 3.63) is 30.1 Å². The number of ether oxygens (including phenoxy) is 1. The van der Waals surface area contributed by atoms with Crippen molar-refractivity contribution in [1.29, 1.82) is 0 Å². The Morgan fingerprint density at radius 3 is 2.62 bits per heavy atom. The molecule has 0 saturated carbocycles. The fraction of sp³-hybridized carbons (Fsp3) is 0.500. The minimum absolute atomic E-state index is 0. The van der Waals surface area contributed by atoms with Crippen LogP contribution in [0.5, 0.6) is 5.75 Å². The maximum absolute atomic E-state index is 13.2. The topological polar surface area (TPSA) is 21.3 Å². The fourth-order valence-electron chi connectivity index (χ4n) is 1.82. The summed E-state index contributed by atoms with van der Waals surface area (Å²) < 4.78 is 18.7. The molecule has 0 bridgehead atoms. The first-order valence-electron chi connectivity index (χ1n) is 5.44. The van der Waals surface area contributed by atoms with E-state index in [9.17, 15) is 4.39 Å². The van der Waals surface area contributed by atoms with E-state index in [0.717, 1.165) is 25.9 Å². The molecule has 0 spiro atoms. The second-order valence-electron chi connectivity index (χ2n) is 3.93. The predicted molar refractivity (Wildman–Crippen MR) is 57.5 cm³/mol. The molecule has 1 aromatic rings. The lowest BCUT2D eigenvalue weighted by Gasteiger charge is -2.22. The first kappa shape index (κ1) is 13.3. The van der Waals surface area contributed by atoms with Crippen LogP contribution in [0.15, 0.2) is 24.3 Å². The Morgan fingerprint density at radius 1 is 1.25 bits per heavy atom. The van der Waals surface area contributed by atoms with E-state index in [2.05, 4.69) is 5.32 Å². The van der Waals surface area contributed by atoms with Crippen molar-refractivity contribution >= 4 is 0 Å². The third kappa shape index (κ3) is 3.65. The standard InChI is InChI=1S/C12H16FNO.ClH/c13-11-3-1-2-4-12(11)15-9-10-5-7-14-8-6-10;/h1-4,10,14H,5-9H2;1H/p-1. The normalized spacial score (nSPS) is 16.6. The number of hydrogen-bond acceptors (Lipinski definition) is 2. The van der Waals surface area contributed by atoms with Crippen LogP contribution in [0.4, 0.5) is 4.39 Å². The van der Waals surface area contributed by atoms with Crippen LogP contribution < -0.4 is 22.5 Å². The molecule has 90 valence electrons. The van der Waals surface area contributed by atoms with Crippen molar-refractivity contribution in [2.75, 3.05) is 19.7 Å². The van der Waals surface area contributed by atoms with Gasteiger partial charge >= 0.3 is 0 Å². The Hall–Kier alpha value is -0.800. The minimum atomic E-state index is -0.272. The van der Waals surface area contributed by atoms with Gasteiger partial charge in [-0.2, -0.15) is 0 Å². The van der Waals surface area contributed by atoms with Gasteiger partial charge in [-0.15, -0.1) is 0 Å². The molecule has 0 amide bonds. The Balaban J connectivity index is 0.00000128. The third-order valence-electron chi connectivity index (χ3n) is 2.77. The summed E-state index contributed by atoms with van der Waals surface area (Å²) in [5, 5.41) is 3.29. The highest BCUT2D eigenvalue weighted by molar-refractivity contribution is 5.23. The van der Waals surface area contributed by atoms with Crippen molar-refractivity contribution in [2.24, 2.45) is 5.92 Å². The maximum Gasteiger partial charge on any atom is 0.165 e. The number of piperidine rings is 1.